The highest BCUT2D eigenvalue weighted by Crippen LogP contribution is 2.45. The molecule has 0 unspecified atom stereocenters. The number of carbonyl (C=O) groups is 2. The van der Waals surface area contributed by atoms with Gasteiger partial charge in [-0.2, -0.15) is 0 Å². The lowest BCUT2D eigenvalue weighted by Gasteiger charge is -2.38. The molecule has 1 aliphatic heterocycles. The van der Waals surface area contributed by atoms with Gasteiger partial charge < -0.3 is 19.5 Å². The van der Waals surface area contributed by atoms with Crippen molar-refractivity contribution in [1.82, 2.24) is 4.90 Å². The third-order valence-electron chi connectivity index (χ3n) is 4.65. The Bertz CT molecular complexity index is 865. The van der Waals surface area contributed by atoms with E-state index < -0.39 is 23.7 Å². The molecule has 26 heavy (non-hydrogen) atoms. The molecule has 0 bridgehead atoms. The van der Waals surface area contributed by atoms with E-state index in [0.29, 0.717) is 22.6 Å². The van der Waals surface area contributed by atoms with Crippen molar-refractivity contribution in [3.8, 4) is 11.5 Å². The number of hydrogen-bond donors (Lipinski definition) is 1. The Morgan fingerprint density at radius 1 is 1.12 bits per heavy atom. The lowest BCUT2D eigenvalue weighted by molar-refractivity contribution is -0.140. The van der Waals surface area contributed by atoms with E-state index in [4.69, 9.17) is 9.47 Å². The van der Waals surface area contributed by atoms with Crippen molar-refractivity contribution in [2.75, 3.05) is 21.3 Å². The minimum Gasteiger partial charge on any atom is -0.493 e. The molecule has 136 valence electrons. The van der Waals surface area contributed by atoms with E-state index in [0.717, 1.165) is 0 Å². The van der Waals surface area contributed by atoms with Gasteiger partial charge in [0, 0.05) is 12.6 Å². The number of carboxylic acids is 1. The van der Waals surface area contributed by atoms with Crippen LogP contribution in [-0.4, -0.2) is 43.2 Å². The number of likely N-dealkylation sites (N-methyl/N-ethyl adjacent to an activating group) is 1. The number of methoxy groups -OCH3 is 2. The number of aliphatic carboxylic acids is 1. The van der Waals surface area contributed by atoms with Crippen LogP contribution in [0.3, 0.4) is 0 Å². The summed E-state index contributed by atoms with van der Waals surface area (Å²) in [6.45, 7) is 0. The molecule has 1 amide bonds. The van der Waals surface area contributed by atoms with Crippen molar-refractivity contribution in [3.63, 3.8) is 0 Å². The van der Waals surface area contributed by atoms with E-state index in [1.54, 1.807) is 0 Å². The third-order valence-corrected chi connectivity index (χ3v) is 4.65. The number of nitrogens with zero attached hydrogens (tertiary/aromatic N) is 1. The molecular weight excluding hydrogens is 341 g/mol. The summed E-state index contributed by atoms with van der Waals surface area (Å²) < 4.78 is 23.8. The summed E-state index contributed by atoms with van der Waals surface area (Å²) in [5.41, 5.74) is 1.12. The van der Waals surface area contributed by atoms with Crippen molar-refractivity contribution < 1.29 is 28.6 Å². The van der Waals surface area contributed by atoms with Gasteiger partial charge in [0.2, 0.25) is 0 Å². The molecule has 0 saturated carbocycles. The van der Waals surface area contributed by atoms with Crippen molar-refractivity contribution in [1.29, 1.82) is 0 Å². The molecule has 3 rings (SSSR count). The fourth-order valence-electron chi connectivity index (χ4n) is 3.39. The molecule has 1 aliphatic rings. The Balaban J connectivity index is 2.23. The molecule has 2 aromatic carbocycles. The Hall–Kier alpha value is -3.09. The highest BCUT2D eigenvalue weighted by atomic mass is 19.1. The fraction of sp³-hybridized carbons (Fsp3) is 0.263. The lowest BCUT2D eigenvalue weighted by atomic mass is 9.80. The number of ether oxygens (including phenoxy) is 2. The molecule has 2 atom stereocenters. The van der Waals surface area contributed by atoms with Crippen LogP contribution in [0.15, 0.2) is 36.4 Å². The number of fused-ring (bicyclic) bond motifs is 1. The van der Waals surface area contributed by atoms with Crippen LogP contribution in [0.25, 0.3) is 0 Å². The first-order chi connectivity index (χ1) is 12.4. The molecular formula is C19H18FNO5. The first kappa shape index (κ1) is 17.7. The molecule has 0 spiro atoms. The number of hydrogen-bond acceptors (Lipinski definition) is 4. The maximum absolute atomic E-state index is 13.3. The first-order valence-electron chi connectivity index (χ1n) is 7.90. The number of benzene rings is 2. The smallest absolute Gasteiger partial charge is 0.313 e. The van der Waals surface area contributed by atoms with Gasteiger partial charge in [-0.25, -0.2) is 4.39 Å². The van der Waals surface area contributed by atoms with Gasteiger partial charge >= 0.3 is 5.97 Å². The van der Waals surface area contributed by atoms with Crippen LogP contribution in [0.2, 0.25) is 0 Å². The largest absolute Gasteiger partial charge is 0.493 e. The Kier molecular flexibility index (Phi) is 4.54. The first-order valence-corrected chi connectivity index (χ1v) is 7.90. The van der Waals surface area contributed by atoms with Gasteiger partial charge in [-0.1, -0.05) is 12.1 Å². The van der Waals surface area contributed by atoms with Crippen molar-refractivity contribution in [2.45, 2.75) is 12.0 Å². The van der Waals surface area contributed by atoms with Crippen LogP contribution in [0.5, 0.6) is 11.5 Å². The van der Waals surface area contributed by atoms with Gasteiger partial charge in [0.15, 0.2) is 11.5 Å². The Labute approximate surface area is 149 Å². The van der Waals surface area contributed by atoms with Gasteiger partial charge in [0.25, 0.3) is 5.91 Å². The highest BCUT2D eigenvalue weighted by Gasteiger charge is 2.43. The van der Waals surface area contributed by atoms with E-state index in [9.17, 15) is 19.1 Å². The monoisotopic (exact) mass is 359 g/mol. The minimum absolute atomic E-state index is 0.246. The predicted octanol–water partition coefficient (Wildman–Crippen LogP) is 2.84. The van der Waals surface area contributed by atoms with Crippen molar-refractivity contribution in [3.05, 3.63) is 58.9 Å². The number of carbonyl (C=O) groups excluding carboxylic acids is 1. The SMILES string of the molecule is COc1cc2c(cc1OC)[C@@H](C(=O)O)[C@H](c1ccc(F)cc1)N(C)C2=O. The molecule has 6 nitrogen and oxygen atoms in total. The zero-order valence-electron chi connectivity index (χ0n) is 14.5. The van der Waals surface area contributed by atoms with Crippen molar-refractivity contribution >= 4 is 11.9 Å². The average molecular weight is 359 g/mol. The maximum atomic E-state index is 13.3. The summed E-state index contributed by atoms with van der Waals surface area (Å²) >= 11 is 0. The molecule has 0 aromatic heterocycles. The van der Waals surface area contributed by atoms with E-state index in [-0.39, 0.29) is 11.5 Å². The number of amides is 1. The number of carboxylic acid groups (broad SMARTS) is 1. The second-order valence-electron chi connectivity index (χ2n) is 6.02. The van der Waals surface area contributed by atoms with Crippen LogP contribution in [0.1, 0.15) is 33.4 Å². The van der Waals surface area contributed by atoms with Crippen LogP contribution >= 0.6 is 0 Å². The molecule has 7 heteroatoms. The summed E-state index contributed by atoms with van der Waals surface area (Å²) in [7, 11) is 4.41. The molecule has 0 saturated heterocycles. The van der Waals surface area contributed by atoms with Gasteiger partial charge in [-0.3, -0.25) is 9.59 Å². The molecule has 2 aromatic rings. The molecule has 0 radical (unpaired) electrons. The molecule has 0 aliphatic carbocycles. The minimum atomic E-state index is -1.09. The topological polar surface area (TPSA) is 76.1 Å². The van der Waals surface area contributed by atoms with Gasteiger partial charge in [0.05, 0.1) is 20.3 Å². The van der Waals surface area contributed by atoms with Crippen LogP contribution in [0.4, 0.5) is 4.39 Å². The zero-order valence-corrected chi connectivity index (χ0v) is 14.5. The maximum Gasteiger partial charge on any atom is 0.313 e. The van der Waals surface area contributed by atoms with Gasteiger partial charge in [-0.05, 0) is 35.4 Å². The highest BCUT2D eigenvalue weighted by molar-refractivity contribution is 6.01. The number of halogens is 1. The summed E-state index contributed by atoms with van der Waals surface area (Å²) in [5, 5.41) is 9.88. The molecule has 0 fully saturated rings. The summed E-state index contributed by atoms with van der Waals surface area (Å²) in [5.74, 6) is -2.21. The van der Waals surface area contributed by atoms with E-state index in [1.807, 2.05) is 0 Å². The van der Waals surface area contributed by atoms with E-state index >= 15 is 0 Å². The predicted molar refractivity (Wildman–Crippen MR) is 91.2 cm³/mol. The standard InChI is InChI=1S/C19H18FNO5/c1-21-17(10-4-6-11(20)7-5-10)16(19(23)24)12-8-14(25-2)15(26-3)9-13(12)18(21)22/h4-9,16-17H,1-3H3,(H,23,24)/t16-,17+/m1/s1. The Morgan fingerprint density at radius 3 is 2.23 bits per heavy atom. The van der Waals surface area contributed by atoms with Gasteiger partial charge in [0.1, 0.15) is 11.7 Å². The average Bonchev–Trinajstić information content (AvgIpc) is 2.64. The van der Waals surface area contributed by atoms with E-state index in [1.165, 1.54) is 62.6 Å². The Morgan fingerprint density at radius 2 is 1.69 bits per heavy atom. The normalized spacial score (nSPS) is 19.1. The molecule has 1 N–H and O–H groups in total. The second kappa shape index (κ2) is 6.67. The second-order valence-corrected chi connectivity index (χ2v) is 6.02. The molecule has 1 heterocycles. The number of rotatable bonds is 4. The van der Waals surface area contributed by atoms with Crippen LogP contribution in [-0.2, 0) is 4.79 Å². The quantitative estimate of drug-likeness (QED) is 0.908. The summed E-state index contributed by atoms with van der Waals surface area (Å²) in [6.07, 6.45) is 0. The zero-order chi connectivity index (χ0) is 19.0. The summed E-state index contributed by atoms with van der Waals surface area (Å²) in [6, 6.07) is 7.72. The van der Waals surface area contributed by atoms with Crippen molar-refractivity contribution in [2.24, 2.45) is 0 Å². The summed E-state index contributed by atoms with van der Waals surface area (Å²) in [4.78, 5) is 26.3. The van der Waals surface area contributed by atoms with Gasteiger partial charge in [-0.15, -0.1) is 0 Å². The van der Waals surface area contributed by atoms with Crippen LogP contribution < -0.4 is 9.47 Å². The third kappa shape index (κ3) is 2.75. The van der Waals surface area contributed by atoms with E-state index in [2.05, 4.69) is 0 Å². The fourth-order valence-corrected chi connectivity index (χ4v) is 3.39. The van der Waals surface area contributed by atoms with Crippen LogP contribution in [0, 0.1) is 5.82 Å². The lowest BCUT2D eigenvalue weighted by Crippen LogP contribution is -2.42.